The molecular weight excluding hydrogens is 184 g/mol. The summed E-state index contributed by atoms with van der Waals surface area (Å²) in [5, 5.41) is 0. The highest BCUT2D eigenvalue weighted by Gasteiger charge is 2.27. The maximum Gasteiger partial charge on any atom is 0.0366 e. The number of hydrogen-bond donors (Lipinski definition) is 1. The van der Waals surface area contributed by atoms with Gasteiger partial charge in [0.15, 0.2) is 0 Å². The van der Waals surface area contributed by atoms with Crippen molar-refractivity contribution in [2.24, 2.45) is 11.7 Å². The Morgan fingerprint density at radius 2 is 1.93 bits per heavy atom. The van der Waals surface area contributed by atoms with E-state index in [0.717, 1.165) is 19.0 Å². The van der Waals surface area contributed by atoms with E-state index in [9.17, 15) is 0 Å². The van der Waals surface area contributed by atoms with E-state index in [1.54, 1.807) is 0 Å². The van der Waals surface area contributed by atoms with E-state index >= 15 is 0 Å². The van der Waals surface area contributed by atoms with Gasteiger partial charge in [0.2, 0.25) is 0 Å². The maximum absolute atomic E-state index is 5.81. The Labute approximate surface area is 92.1 Å². The molecular formula is C13H20N2. The largest absolute Gasteiger partial charge is 0.372 e. The number of nitrogens with zero attached hydrogens (tertiary/aromatic N) is 1. The Balaban J connectivity index is 1.93. The SMILES string of the molecule is CCN(CC1CC(N)C1)c1ccccc1. The normalized spacial score (nSPS) is 24.7. The minimum absolute atomic E-state index is 0.462. The van der Waals surface area contributed by atoms with Gasteiger partial charge in [-0.15, -0.1) is 0 Å². The molecule has 2 rings (SSSR count). The van der Waals surface area contributed by atoms with Crippen LogP contribution in [0.2, 0.25) is 0 Å². The first-order valence-electron chi connectivity index (χ1n) is 5.85. The fourth-order valence-electron chi connectivity index (χ4n) is 2.30. The number of para-hydroxylation sites is 1. The zero-order valence-electron chi connectivity index (χ0n) is 9.39. The molecule has 0 aliphatic heterocycles. The van der Waals surface area contributed by atoms with Gasteiger partial charge in [-0.25, -0.2) is 0 Å². The lowest BCUT2D eigenvalue weighted by Crippen LogP contribution is -2.42. The fourth-order valence-corrected chi connectivity index (χ4v) is 2.30. The van der Waals surface area contributed by atoms with Gasteiger partial charge in [0.1, 0.15) is 0 Å². The van der Waals surface area contributed by atoms with Crippen LogP contribution in [-0.4, -0.2) is 19.1 Å². The molecule has 2 N–H and O–H groups in total. The number of nitrogens with two attached hydrogens (primary N) is 1. The lowest BCUT2D eigenvalue weighted by Gasteiger charge is -2.37. The molecule has 1 aliphatic carbocycles. The van der Waals surface area contributed by atoms with E-state index in [1.165, 1.54) is 18.5 Å². The second-order valence-corrected chi connectivity index (χ2v) is 4.47. The number of benzene rings is 1. The molecule has 1 aliphatic rings. The van der Waals surface area contributed by atoms with E-state index in [0.29, 0.717) is 6.04 Å². The van der Waals surface area contributed by atoms with Gasteiger partial charge in [0.05, 0.1) is 0 Å². The van der Waals surface area contributed by atoms with Crippen LogP contribution in [0.1, 0.15) is 19.8 Å². The summed E-state index contributed by atoms with van der Waals surface area (Å²) in [7, 11) is 0. The van der Waals surface area contributed by atoms with Crippen molar-refractivity contribution < 1.29 is 0 Å². The van der Waals surface area contributed by atoms with Gasteiger partial charge in [0.25, 0.3) is 0 Å². The summed E-state index contributed by atoms with van der Waals surface area (Å²) in [5.74, 6) is 0.806. The molecule has 15 heavy (non-hydrogen) atoms. The smallest absolute Gasteiger partial charge is 0.0366 e. The minimum atomic E-state index is 0.462. The molecule has 1 aromatic rings. The van der Waals surface area contributed by atoms with Crippen LogP contribution in [0, 0.1) is 5.92 Å². The van der Waals surface area contributed by atoms with Crippen molar-refractivity contribution in [2.75, 3.05) is 18.0 Å². The maximum atomic E-state index is 5.81. The van der Waals surface area contributed by atoms with E-state index in [1.807, 2.05) is 0 Å². The third kappa shape index (κ3) is 2.51. The summed E-state index contributed by atoms with van der Waals surface area (Å²) in [5.41, 5.74) is 7.14. The molecule has 0 atom stereocenters. The number of anilines is 1. The highest BCUT2D eigenvalue weighted by Crippen LogP contribution is 2.28. The Morgan fingerprint density at radius 1 is 1.27 bits per heavy atom. The van der Waals surface area contributed by atoms with Gasteiger partial charge in [-0.2, -0.15) is 0 Å². The zero-order valence-corrected chi connectivity index (χ0v) is 9.39. The van der Waals surface area contributed by atoms with Crippen LogP contribution in [0.5, 0.6) is 0 Å². The van der Waals surface area contributed by atoms with Crippen molar-refractivity contribution in [3.8, 4) is 0 Å². The Kier molecular flexibility index (Phi) is 3.27. The second-order valence-electron chi connectivity index (χ2n) is 4.47. The van der Waals surface area contributed by atoms with Crippen LogP contribution in [-0.2, 0) is 0 Å². The summed E-state index contributed by atoms with van der Waals surface area (Å²) >= 11 is 0. The molecule has 2 heteroatoms. The van der Waals surface area contributed by atoms with Crippen molar-refractivity contribution in [2.45, 2.75) is 25.8 Å². The van der Waals surface area contributed by atoms with Crippen molar-refractivity contribution in [3.05, 3.63) is 30.3 Å². The monoisotopic (exact) mass is 204 g/mol. The molecule has 0 spiro atoms. The highest BCUT2D eigenvalue weighted by atomic mass is 15.1. The van der Waals surface area contributed by atoms with E-state index in [-0.39, 0.29) is 0 Å². The molecule has 0 amide bonds. The van der Waals surface area contributed by atoms with Crippen molar-refractivity contribution in [1.82, 2.24) is 0 Å². The molecule has 1 fully saturated rings. The molecule has 0 saturated heterocycles. The van der Waals surface area contributed by atoms with Gasteiger partial charge in [-0.3, -0.25) is 0 Å². The summed E-state index contributed by atoms with van der Waals surface area (Å²) in [6, 6.07) is 11.1. The third-order valence-electron chi connectivity index (χ3n) is 3.25. The molecule has 0 heterocycles. The van der Waals surface area contributed by atoms with Gasteiger partial charge >= 0.3 is 0 Å². The molecule has 2 nitrogen and oxygen atoms in total. The van der Waals surface area contributed by atoms with E-state index < -0.39 is 0 Å². The summed E-state index contributed by atoms with van der Waals surface area (Å²) < 4.78 is 0. The predicted octanol–water partition coefficient (Wildman–Crippen LogP) is 2.25. The Morgan fingerprint density at radius 3 is 2.47 bits per heavy atom. The standard InChI is InChI=1S/C13H20N2/c1-2-15(10-11-8-12(14)9-11)13-6-4-3-5-7-13/h3-7,11-12H,2,8-10,14H2,1H3. The summed E-state index contributed by atoms with van der Waals surface area (Å²) in [6.07, 6.45) is 2.40. The molecule has 1 saturated carbocycles. The molecule has 0 unspecified atom stereocenters. The van der Waals surface area contributed by atoms with E-state index in [4.69, 9.17) is 5.73 Å². The first-order chi connectivity index (χ1) is 7.29. The topological polar surface area (TPSA) is 29.3 Å². The minimum Gasteiger partial charge on any atom is -0.372 e. The predicted molar refractivity (Wildman–Crippen MR) is 65.0 cm³/mol. The van der Waals surface area contributed by atoms with Crippen LogP contribution in [0.25, 0.3) is 0 Å². The highest BCUT2D eigenvalue weighted by molar-refractivity contribution is 5.45. The average Bonchev–Trinajstić information content (AvgIpc) is 2.24. The van der Waals surface area contributed by atoms with Crippen molar-refractivity contribution in [3.63, 3.8) is 0 Å². The molecule has 0 bridgehead atoms. The van der Waals surface area contributed by atoms with Crippen LogP contribution in [0.4, 0.5) is 5.69 Å². The number of hydrogen-bond acceptors (Lipinski definition) is 2. The third-order valence-corrected chi connectivity index (χ3v) is 3.25. The number of rotatable bonds is 4. The molecule has 0 radical (unpaired) electrons. The lowest BCUT2D eigenvalue weighted by atomic mass is 9.80. The van der Waals surface area contributed by atoms with Crippen molar-refractivity contribution >= 4 is 5.69 Å². The van der Waals surface area contributed by atoms with Crippen LogP contribution in [0.15, 0.2) is 30.3 Å². The zero-order chi connectivity index (χ0) is 10.7. The second kappa shape index (κ2) is 4.67. The first kappa shape index (κ1) is 10.5. The summed E-state index contributed by atoms with van der Waals surface area (Å²) in [4.78, 5) is 2.44. The quantitative estimate of drug-likeness (QED) is 0.815. The molecule has 1 aromatic carbocycles. The average molecular weight is 204 g/mol. The van der Waals surface area contributed by atoms with E-state index in [2.05, 4.69) is 42.2 Å². The lowest BCUT2D eigenvalue weighted by molar-refractivity contribution is 0.269. The van der Waals surface area contributed by atoms with Crippen LogP contribution >= 0.6 is 0 Å². The van der Waals surface area contributed by atoms with Crippen LogP contribution < -0.4 is 10.6 Å². The van der Waals surface area contributed by atoms with Gasteiger partial charge in [-0.1, -0.05) is 18.2 Å². The van der Waals surface area contributed by atoms with Gasteiger partial charge in [0, 0.05) is 24.8 Å². The summed E-state index contributed by atoms with van der Waals surface area (Å²) in [6.45, 7) is 4.45. The van der Waals surface area contributed by atoms with Crippen LogP contribution in [0.3, 0.4) is 0 Å². The Hall–Kier alpha value is -1.02. The van der Waals surface area contributed by atoms with Gasteiger partial charge < -0.3 is 10.6 Å². The first-order valence-corrected chi connectivity index (χ1v) is 5.85. The van der Waals surface area contributed by atoms with Crippen molar-refractivity contribution in [1.29, 1.82) is 0 Å². The Bertz CT molecular complexity index is 291. The fraction of sp³-hybridized carbons (Fsp3) is 0.538. The van der Waals surface area contributed by atoms with Gasteiger partial charge in [-0.05, 0) is 37.8 Å². The molecule has 82 valence electrons. The molecule has 0 aromatic heterocycles.